The monoisotopic (exact) mass is 317 g/mol. The highest BCUT2D eigenvalue weighted by molar-refractivity contribution is 5.83. The molecule has 120 valence electrons. The van der Waals surface area contributed by atoms with Crippen LogP contribution < -0.4 is 15.4 Å². The Morgan fingerprint density at radius 3 is 2.70 bits per heavy atom. The molecule has 1 saturated carbocycles. The molecule has 0 unspecified atom stereocenters. The van der Waals surface area contributed by atoms with Crippen LogP contribution in [0.3, 0.4) is 0 Å². The minimum atomic E-state index is -1.32. The SMILES string of the molecule is O=C(O)Nc1ccc(Oc2ccnc(NC3CCC3)c2)cc1F. The number of benzene rings is 1. The van der Waals surface area contributed by atoms with Gasteiger partial charge in [0.1, 0.15) is 17.3 Å². The Bertz CT molecular complexity index is 719. The molecule has 7 heteroatoms. The first-order valence-corrected chi connectivity index (χ1v) is 7.30. The van der Waals surface area contributed by atoms with Crippen LogP contribution in [0.25, 0.3) is 0 Å². The first kappa shape index (κ1) is 15.1. The van der Waals surface area contributed by atoms with Gasteiger partial charge in [0.15, 0.2) is 5.82 Å². The van der Waals surface area contributed by atoms with E-state index in [1.807, 2.05) is 5.32 Å². The molecule has 0 bridgehead atoms. The fraction of sp³-hybridized carbons (Fsp3) is 0.250. The Morgan fingerprint density at radius 1 is 1.26 bits per heavy atom. The van der Waals surface area contributed by atoms with Crippen molar-refractivity contribution in [2.24, 2.45) is 0 Å². The van der Waals surface area contributed by atoms with E-state index in [2.05, 4.69) is 10.3 Å². The van der Waals surface area contributed by atoms with Gasteiger partial charge >= 0.3 is 6.09 Å². The molecule has 1 amide bonds. The Labute approximate surface area is 132 Å². The summed E-state index contributed by atoms with van der Waals surface area (Å²) in [4.78, 5) is 14.8. The Balaban J connectivity index is 1.70. The lowest BCUT2D eigenvalue weighted by Gasteiger charge is -2.26. The number of hydrogen-bond acceptors (Lipinski definition) is 4. The summed E-state index contributed by atoms with van der Waals surface area (Å²) in [6.45, 7) is 0. The Morgan fingerprint density at radius 2 is 2.04 bits per heavy atom. The lowest BCUT2D eigenvalue weighted by atomic mass is 9.93. The van der Waals surface area contributed by atoms with Crippen LogP contribution in [-0.2, 0) is 0 Å². The molecule has 1 aliphatic carbocycles. The van der Waals surface area contributed by atoms with E-state index in [4.69, 9.17) is 9.84 Å². The number of ether oxygens (including phenoxy) is 1. The zero-order chi connectivity index (χ0) is 16.2. The molecule has 1 aromatic heterocycles. The summed E-state index contributed by atoms with van der Waals surface area (Å²) in [6, 6.07) is 7.82. The van der Waals surface area contributed by atoms with Crippen LogP contribution in [0.5, 0.6) is 11.5 Å². The number of nitrogens with one attached hydrogen (secondary N) is 2. The van der Waals surface area contributed by atoms with Crippen LogP contribution >= 0.6 is 0 Å². The lowest BCUT2D eigenvalue weighted by molar-refractivity contribution is 0.209. The number of anilines is 2. The summed E-state index contributed by atoms with van der Waals surface area (Å²) in [5.41, 5.74) is -0.119. The number of rotatable bonds is 5. The van der Waals surface area contributed by atoms with Crippen LogP contribution in [0.2, 0.25) is 0 Å². The molecule has 1 heterocycles. The van der Waals surface area contributed by atoms with Crippen molar-refractivity contribution in [3.8, 4) is 11.5 Å². The average Bonchev–Trinajstić information content (AvgIpc) is 2.46. The smallest absolute Gasteiger partial charge is 0.409 e. The highest BCUT2D eigenvalue weighted by Crippen LogP contribution is 2.28. The molecule has 3 N–H and O–H groups in total. The van der Waals surface area contributed by atoms with Crippen molar-refractivity contribution < 1.29 is 19.0 Å². The maximum atomic E-state index is 13.8. The summed E-state index contributed by atoms with van der Waals surface area (Å²) < 4.78 is 19.4. The van der Waals surface area contributed by atoms with Gasteiger partial charge in [-0.2, -0.15) is 0 Å². The number of carboxylic acid groups (broad SMARTS) is 1. The van der Waals surface area contributed by atoms with E-state index in [0.29, 0.717) is 11.8 Å². The zero-order valence-electron chi connectivity index (χ0n) is 12.3. The van der Waals surface area contributed by atoms with Crippen molar-refractivity contribution in [2.45, 2.75) is 25.3 Å². The van der Waals surface area contributed by atoms with E-state index in [-0.39, 0.29) is 11.4 Å². The summed E-state index contributed by atoms with van der Waals surface area (Å²) in [6.07, 6.45) is 3.79. The average molecular weight is 317 g/mol. The molecule has 3 rings (SSSR count). The minimum absolute atomic E-state index is 0.119. The predicted octanol–water partition coefficient (Wildman–Crippen LogP) is 4.07. The van der Waals surface area contributed by atoms with Crippen LogP contribution in [0.4, 0.5) is 20.7 Å². The molecule has 6 nitrogen and oxygen atoms in total. The second-order valence-electron chi connectivity index (χ2n) is 5.32. The van der Waals surface area contributed by atoms with Gasteiger partial charge in [-0.25, -0.2) is 14.2 Å². The number of hydrogen-bond donors (Lipinski definition) is 3. The molecule has 1 aliphatic rings. The van der Waals surface area contributed by atoms with E-state index >= 15 is 0 Å². The lowest BCUT2D eigenvalue weighted by Crippen LogP contribution is -2.27. The highest BCUT2D eigenvalue weighted by atomic mass is 19.1. The molecule has 0 radical (unpaired) electrons. The summed E-state index contributed by atoms with van der Waals surface area (Å²) in [5.74, 6) is 0.822. The zero-order valence-corrected chi connectivity index (χ0v) is 12.3. The first-order valence-electron chi connectivity index (χ1n) is 7.30. The van der Waals surface area contributed by atoms with Gasteiger partial charge in [-0.3, -0.25) is 5.32 Å². The summed E-state index contributed by atoms with van der Waals surface area (Å²) in [5, 5.41) is 13.9. The third-order valence-electron chi connectivity index (χ3n) is 3.61. The maximum Gasteiger partial charge on any atom is 0.409 e. The number of aromatic nitrogens is 1. The van der Waals surface area contributed by atoms with Gasteiger partial charge in [0.05, 0.1) is 5.69 Å². The van der Waals surface area contributed by atoms with Gasteiger partial charge < -0.3 is 15.2 Å². The highest BCUT2D eigenvalue weighted by Gasteiger charge is 2.17. The van der Waals surface area contributed by atoms with Gasteiger partial charge in [0.2, 0.25) is 0 Å². The number of nitrogens with zero attached hydrogens (tertiary/aromatic N) is 1. The molecule has 0 spiro atoms. The second-order valence-corrected chi connectivity index (χ2v) is 5.32. The van der Waals surface area contributed by atoms with Gasteiger partial charge in [0, 0.05) is 24.4 Å². The number of carbonyl (C=O) groups is 1. The van der Waals surface area contributed by atoms with Crippen molar-refractivity contribution >= 4 is 17.6 Å². The van der Waals surface area contributed by atoms with E-state index in [1.54, 1.807) is 18.3 Å². The van der Waals surface area contributed by atoms with Crippen LogP contribution in [0, 0.1) is 5.82 Å². The van der Waals surface area contributed by atoms with E-state index in [1.165, 1.54) is 18.6 Å². The van der Waals surface area contributed by atoms with E-state index < -0.39 is 11.9 Å². The number of amides is 1. The topological polar surface area (TPSA) is 83.5 Å². The summed E-state index contributed by atoms with van der Waals surface area (Å²) in [7, 11) is 0. The maximum absolute atomic E-state index is 13.8. The molecule has 2 aromatic rings. The molecule has 0 saturated heterocycles. The van der Waals surface area contributed by atoms with Gasteiger partial charge in [-0.05, 0) is 37.5 Å². The van der Waals surface area contributed by atoms with Crippen molar-refractivity contribution in [1.29, 1.82) is 0 Å². The second kappa shape index (κ2) is 6.51. The van der Waals surface area contributed by atoms with Crippen molar-refractivity contribution in [3.05, 3.63) is 42.3 Å². The largest absolute Gasteiger partial charge is 0.465 e. The third-order valence-corrected chi connectivity index (χ3v) is 3.61. The molecule has 23 heavy (non-hydrogen) atoms. The van der Waals surface area contributed by atoms with Gasteiger partial charge in [-0.15, -0.1) is 0 Å². The fourth-order valence-corrected chi connectivity index (χ4v) is 2.23. The van der Waals surface area contributed by atoms with Crippen LogP contribution in [0.1, 0.15) is 19.3 Å². The number of pyridine rings is 1. The molecular weight excluding hydrogens is 301 g/mol. The molecule has 1 aromatic carbocycles. The molecular formula is C16H16FN3O3. The molecule has 1 fully saturated rings. The predicted molar refractivity (Wildman–Crippen MR) is 83.6 cm³/mol. The Kier molecular flexibility index (Phi) is 4.27. The van der Waals surface area contributed by atoms with Crippen molar-refractivity contribution in [3.63, 3.8) is 0 Å². The first-order chi connectivity index (χ1) is 11.1. The molecule has 0 aliphatic heterocycles. The Hall–Kier alpha value is -2.83. The standard InChI is InChI=1S/C16H16FN3O3/c17-13-8-11(4-5-14(13)20-16(21)22)23-12-6-7-18-15(9-12)19-10-2-1-3-10/h4-10,20H,1-3H2,(H,18,19)(H,21,22). The van der Waals surface area contributed by atoms with Crippen molar-refractivity contribution in [1.82, 2.24) is 4.98 Å². The quantitative estimate of drug-likeness (QED) is 0.774. The third kappa shape index (κ3) is 3.88. The van der Waals surface area contributed by atoms with Crippen LogP contribution in [0.15, 0.2) is 36.5 Å². The van der Waals surface area contributed by atoms with E-state index in [0.717, 1.165) is 24.7 Å². The number of halogens is 1. The molecule has 0 atom stereocenters. The summed E-state index contributed by atoms with van der Waals surface area (Å²) >= 11 is 0. The van der Waals surface area contributed by atoms with E-state index in [9.17, 15) is 9.18 Å². The van der Waals surface area contributed by atoms with Gasteiger partial charge in [0.25, 0.3) is 0 Å². The normalized spacial score (nSPS) is 14.0. The van der Waals surface area contributed by atoms with Crippen LogP contribution in [-0.4, -0.2) is 22.2 Å². The van der Waals surface area contributed by atoms with Crippen molar-refractivity contribution in [2.75, 3.05) is 10.6 Å². The van der Waals surface area contributed by atoms with Gasteiger partial charge in [-0.1, -0.05) is 0 Å². The minimum Gasteiger partial charge on any atom is -0.465 e. The fourth-order valence-electron chi connectivity index (χ4n) is 2.23.